The number of carbonyl (C=O) groups excluding carboxylic acids is 1. The fraction of sp³-hybridized carbons (Fsp3) is 0.364. The lowest BCUT2D eigenvalue weighted by Gasteiger charge is -2.09. The zero-order valence-corrected chi connectivity index (χ0v) is 10.1. The normalized spacial score (nSPS) is 11.3. The number of hydrogen-bond acceptors (Lipinski definition) is 2. The second-order valence-electron chi connectivity index (χ2n) is 3.71. The summed E-state index contributed by atoms with van der Waals surface area (Å²) >= 11 is 5.70. The molecule has 0 aliphatic heterocycles. The predicted molar refractivity (Wildman–Crippen MR) is 63.5 cm³/mol. The zero-order chi connectivity index (χ0) is 13.8. The highest BCUT2D eigenvalue weighted by atomic mass is 35.5. The van der Waals surface area contributed by atoms with Crippen molar-refractivity contribution in [3.05, 3.63) is 28.8 Å². The van der Waals surface area contributed by atoms with Gasteiger partial charge in [0.2, 0.25) is 0 Å². The van der Waals surface area contributed by atoms with Crippen LogP contribution in [0.3, 0.4) is 0 Å². The van der Waals surface area contributed by atoms with Gasteiger partial charge in [-0.1, -0.05) is 11.6 Å². The van der Waals surface area contributed by atoms with Crippen LogP contribution in [0.15, 0.2) is 18.2 Å². The van der Waals surface area contributed by atoms with E-state index in [1.807, 2.05) is 0 Å². The van der Waals surface area contributed by atoms with Crippen LogP contribution in [0.25, 0.3) is 0 Å². The largest absolute Gasteiger partial charge is 0.398 e. The first kappa shape index (κ1) is 14.6. The molecular formula is C11H12ClF3N2O. The fourth-order valence-corrected chi connectivity index (χ4v) is 1.48. The van der Waals surface area contributed by atoms with Gasteiger partial charge in [0.05, 0.1) is 5.56 Å². The second kappa shape index (κ2) is 5.95. The van der Waals surface area contributed by atoms with E-state index >= 15 is 0 Å². The minimum atomic E-state index is -4.21. The molecule has 0 saturated carbocycles. The number of benzene rings is 1. The number of rotatable bonds is 4. The summed E-state index contributed by atoms with van der Waals surface area (Å²) in [6, 6.07) is 4.36. The lowest BCUT2D eigenvalue weighted by Crippen LogP contribution is -2.26. The predicted octanol–water partition coefficient (Wildman–Crippen LogP) is 2.99. The Balaban J connectivity index is 2.48. The van der Waals surface area contributed by atoms with Gasteiger partial charge in [0.1, 0.15) is 0 Å². The van der Waals surface area contributed by atoms with Gasteiger partial charge in [0, 0.05) is 23.7 Å². The van der Waals surface area contributed by atoms with Crippen molar-refractivity contribution in [1.82, 2.24) is 5.32 Å². The Bertz CT molecular complexity index is 435. The third kappa shape index (κ3) is 4.83. The molecule has 0 heterocycles. The van der Waals surface area contributed by atoms with E-state index in [0.717, 1.165) is 0 Å². The summed E-state index contributed by atoms with van der Waals surface area (Å²) in [5, 5.41) is 2.70. The van der Waals surface area contributed by atoms with E-state index in [1.54, 1.807) is 0 Å². The van der Waals surface area contributed by atoms with E-state index in [0.29, 0.717) is 5.02 Å². The number of halogens is 4. The first-order valence-corrected chi connectivity index (χ1v) is 5.57. The van der Waals surface area contributed by atoms with E-state index in [1.165, 1.54) is 18.2 Å². The van der Waals surface area contributed by atoms with Crippen molar-refractivity contribution < 1.29 is 18.0 Å². The van der Waals surface area contributed by atoms with Gasteiger partial charge in [-0.05, 0) is 24.6 Å². The van der Waals surface area contributed by atoms with Gasteiger partial charge in [0.15, 0.2) is 0 Å². The summed E-state index contributed by atoms with van der Waals surface area (Å²) in [5.74, 6) is -0.530. The average Bonchev–Trinajstić information content (AvgIpc) is 2.26. The summed E-state index contributed by atoms with van der Waals surface area (Å²) in [6.07, 6.45) is -5.31. The molecule has 100 valence electrons. The Morgan fingerprint density at radius 2 is 2.06 bits per heavy atom. The fourth-order valence-electron chi connectivity index (χ4n) is 1.31. The minimum absolute atomic E-state index is 0.0652. The molecular weight excluding hydrogens is 269 g/mol. The third-order valence-electron chi connectivity index (χ3n) is 2.18. The molecule has 7 heteroatoms. The van der Waals surface area contributed by atoms with E-state index in [-0.39, 0.29) is 24.2 Å². The standard InChI is InChI=1S/C11H12ClF3N2O/c12-7-2-3-9(16)8(6-7)10(18)17-5-1-4-11(13,14)15/h2-3,6H,1,4-5,16H2,(H,17,18). The molecule has 1 rings (SSSR count). The Morgan fingerprint density at radius 3 is 2.67 bits per heavy atom. The van der Waals surface area contributed by atoms with Crippen molar-refractivity contribution in [3.8, 4) is 0 Å². The molecule has 0 aliphatic carbocycles. The number of alkyl halides is 3. The molecule has 0 aromatic heterocycles. The Kier molecular flexibility index (Phi) is 4.84. The number of amides is 1. The maximum absolute atomic E-state index is 11.9. The van der Waals surface area contributed by atoms with Gasteiger partial charge in [0.25, 0.3) is 5.91 Å². The van der Waals surface area contributed by atoms with Crippen LogP contribution in [0.5, 0.6) is 0 Å². The van der Waals surface area contributed by atoms with Crippen LogP contribution >= 0.6 is 11.6 Å². The molecule has 0 saturated heterocycles. The second-order valence-corrected chi connectivity index (χ2v) is 4.14. The maximum atomic E-state index is 11.9. The third-order valence-corrected chi connectivity index (χ3v) is 2.42. The van der Waals surface area contributed by atoms with Gasteiger partial charge < -0.3 is 11.1 Å². The molecule has 0 spiro atoms. The van der Waals surface area contributed by atoms with Gasteiger partial charge in [-0.3, -0.25) is 4.79 Å². The van der Waals surface area contributed by atoms with E-state index in [4.69, 9.17) is 17.3 Å². The summed E-state index contributed by atoms with van der Waals surface area (Å²) in [5.41, 5.74) is 5.96. The first-order valence-electron chi connectivity index (χ1n) is 5.19. The summed E-state index contributed by atoms with van der Waals surface area (Å²) in [4.78, 5) is 11.6. The number of hydrogen-bond donors (Lipinski definition) is 2. The number of nitrogen functional groups attached to an aromatic ring is 1. The van der Waals surface area contributed by atoms with Gasteiger partial charge in [-0.2, -0.15) is 13.2 Å². The summed E-state index contributed by atoms with van der Waals surface area (Å²) in [6.45, 7) is -0.0652. The van der Waals surface area contributed by atoms with Crippen molar-refractivity contribution in [1.29, 1.82) is 0 Å². The van der Waals surface area contributed by atoms with Crippen molar-refractivity contribution in [2.45, 2.75) is 19.0 Å². The molecule has 0 aliphatic rings. The monoisotopic (exact) mass is 280 g/mol. The Hall–Kier alpha value is -1.43. The minimum Gasteiger partial charge on any atom is -0.398 e. The van der Waals surface area contributed by atoms with Crippen LogP contribution in [0.2, 0.25) is 5.02 Å². The molecule has 1 aromatic rings. The van der Waals surface area contributed by atoms with Crippen molar-refractivity contribution in [3.63, 3.8) is 0 Å². The van der Waals surface area contributed by atoms with E-state index in [2.05, 4.69) is 5.32 Å². The SMILES string of the molecule is Nc1ccc(Cl)cc1C(=O)NCCCC(F)(F)F. The molecule has 3 N–H and O–H groups in total. The molecule has 1 aromatic carbocycles. The van der Waals surface area contributed by atoms with Gasteiger partial charge in [-0.25, -0.2) is 0 Å². The highest BCUT2D eigenvalue weighted by molar-refractivity contribution is 6.31. The molecule has 3 nitrogen and oxygen atoms in total. The molecule has 0 fully saturated rings. The number of carbonyl (C=O) groups is 1. The smallest absolute Gasteiger partial charge is 0.389 e. The highest BCUT2D eigenvalue weighted by Gasteiger charge is 2.26. The Labute approximate surface area is 107 Å². The number of nitrogens with one attached hydrogen (secondary N) is 1. The molecule has 0 atom stereocenters. The van der Waals surface area contributed by atoms with Crippen LogP contribution in [0.1, 0.15) is 23.2 Å². The quantitative estimate of drug-likeness (QED) is 0.658. The first-order chi connectivity index (χ1) is 8.29. The lowest BCUT2D eigenvalue weighted by atomic mass is 10.1. The highest BCUT2D eigenvalue weighted by Crippen LogP contribution is 2.21. The Morgan fingerprint density at radius 1 is 1.39 bits per heavy atom. The lowest BCUT2D eigenvalue weighted by molar-refractivity contribution is -0.135. The summed E-state index contributed by atoms with van der Waals surface area (Å²) in [7, 11) is 0. The average molecular weight is 281 g/mol. The van der Waals surface area contributed by atoms with Crippen molar-refractivity contribution >= 4 is 23.2 Å². The zero-order valence-electron chi connectivity index (χ0n) is 9.35. The van der Waals surface area contributed by atoms with Crippen LogP contribution in [-0.2, 0) is 0 Å². The molecule has 1 amide bonds. The molecule has 0 unspecified atom stereocenters. The van der Waals surface area contributed by atoms with Crippen LogP contribution in [-0.4, -0.2) is 18.6 Å². The van der Waals surface area contributed by atoms with Crippen LogP contribution in [0, 0.1) is 0 Å². The van der Waals surface area contributed by atoms with Crippen molar-refractivity contribution in [2.24, 2.45) is 0 Å². The molecule has 0 bridgehead atoms. The molecule has 18 heavy (non-hydrogen) atoms. The summed E-state index contributed by atoms with van der Waals surface area (Å²) < 4.78 is 35.6. The number of nitrogens with two attached hydrogens (primary N) is 1. The van der Waals surface area contributed by atoms with E-state index < -0.39 is 18.5 Å². The molecule has 0 radical (unpaired) electrons. The van der Waals surface area contributed by atoms with Crippen molar-refractivity contribution in [2.75, 3.05) is 12.3 Å². The van der Waals surface area contributed by atoms with Gasteiger partial charge >= 0.3 is 6.18 Å². The van der Waals surface area contributed by atoms with E-state index in [9.17, 15) is 18.0 Å². The number of anilines is 1. The maximum Gasteiger partial charge on any atom is 0.389 e. The van der Waals surface area contributed by atoms with Crippen LogP contribution < -0.4 is 11.1 Å². The van der Waals surface area contributed by atoms with Gasteiger partial charge in [-0.15, -0.1) is 0 Å². The topological polar surface area (TPSA) is 55.1 Å². The van der Waals surface area contributed by atoms with Crippen LogP contribution in [0.4, 0.5) is 18.9 Å².